The summed E-state index contributed by atoms with van der Waals surface area (Å²) < 4.78 is 1.73. The lowest BCUT2D eigenvalue weighted by molar-refractivity contribution is -0.111. The number of carbonyl (C=O) groups excluding carboxylic acids is 1. The van der Waals surface area contributed by atoms with E-state index in [1.165, 1.54) is 0 Å². The van der Waals surface area contributed by atoms with Crippen LogP contribution in [0.4, 0.5) is 0 Å². The van der Waals surface area contributed by atoms with Crippen LogP contribution in [0.1, 0.15) is 19.0 Å². The maximum Gasteiger partial charge on any atom is 0.299 e. The van der Waals surface area contributed by atoms with E-state index in [0.29, 0.717) is 29.4 Å². The molecule has 4 rings (SSSR count). The van der Waals surface area contributed by atoms with Crippen LogP contribution in [0.25, 0.3) is 5.82 Å². The summed E-state index contributed by atoms with van der Waals surface area (Å²) in [6.07, 6.45) is 7.54. The number of allylic oxidation sites excluding steroid dienone is 2. The van der Waals surface area contributed by atoms with Gasteiger partial charge in [0.2, 0.25) is 0 Å². The molecule has 4 heterocycles. The molecule has 0 aliphatic carbocycles. The average Bonchev–Trinajstić information content (AvgIpc) is 3.10. The Kier molecular flexibility index (Phi) is 3.00. The van der Waals surface area contributed by atoms with Crippen LogP contribution in [-0.2, 0) is 4.79 Å². The van der Waals surface area contributed by atoms with Crippen molar-refractivity contribution in [1.29, 1.82) is 0 Å². The minimum Gasteiger partial charge on any atom is -0.289 e. The first-order valence-corrected chi connectivity index (χ1v) is 6.99. The lowest BCUT2D eigenvalue weighted by Crippen LogP contribution is -2.30. The van der Waals surface area contributed by atoms with Crippen molar-refractivity contribution in [3.63, 3.8) is 0 Å². The monoisotopic (exact) mass is 305 g/mol. The topological polar surface area (TPSA) is 97.7 Å². The number of imidazole rings is 1. The van der Waals surface area contributed by atoms with Gasteiger partial charge in [-0.3, -0.25) is 9.36 Å². The van der Waals surface area contributed by atoms with Crippen molar-refractivity contribution in [2.45, 2.75) is 13.3 Å². The van der Waals surface area contributed by atoms with Crippen LogP contribution < -0.4 is 0 Å². The van der Waals surface area contributed by atoms with Crippen LogP contribution >= 0.6 is 0 Å². The molecule has 0 saturated heterocycles. The number of nitrogens with zero attached hydrogens (tertiary/aromatic N) is 7. The standard InChI is InChI=1S/C15H11N7O/c1-9-2-3-10-13(17-9)15(23)19-14(18-10)11-4-5-12(21-20-11)22-7-6-16-8-22/h2,4-8H,3H2,1H3. The summed E-state index contributed by atoms with van der Waals surface area (Å²) in [6.45, 7) is 1.84. The SMILES string of the molecule is CC1=CCC2=NC(c3ccc(-n4ccnc4)nn3)=NC(=O)C2=N1. The lowest BCUT2D eigenvalue weighted by atomic mass is 10.1. The van der Waals surface area contributed by atoms with Crippen LogP contribution in [0.15, 0.2) is 57.6 Å². The molecule has 0 unspecified atom stereocenters. The first-order chi connectivity index (χ1) is 11.2. The van der Waals surface area contributed by atoms with Gasteiger partial charge in [0.15, 0.2) is 17.4 Å². The van der Waals surface area contributed by atoms with Gasteiger partial charge in [0, 0.05) is 24.5 Å². The third kappa shape index (κ3) is 2.39. The highest BCUT2D eigenvalue weighted by atomic mass is 16.1. The van der Waals surface area contributed by atoms with E-state index in [2.05, 4.69) is 30.2 Å². The summed E-state index contributed by atoms with van der Waals surface area (Å²) in [4.78, 5) is 28.7. The quantitative estimate of drug-likeness (QED) is 0.830. The number of hydrogen-bond donors (Lipinski definition) is 0. The van der Waals surface area contributed by atoms with E-state index < -0.39 is 5.91 Å². The van der Waals surface area contributed by atoms with E-state index in [0.717, 1.165) is 5.70 Å². The van der Waals surface area contributed by atoms with Crippen LogP contribution in [-0.4, -0.2) is 42.9 Å². The van der Waals surface area contributed by atoms with Gasteiger partial charge in [-0.1, -0.05) is 6.08 Å². The fourth-order valence-electron chi connectivity index (χ4n) is 2.29. The van der Waals surface area contributed by atoms with Crippen molar-refractivity contribution in [2.24, 2.45) is 15.0 Å². The Labute approximate surface area is 131 Å². The zero-order valence-electron chi connectivity index (χ0n) is 12.2. The third-order valence-corrected chi connectivity index (χ3v) is 3.45. The summed E-state index contributed by atoms with van der Waals surface area (Å²) >= 11 is 0. The maximum atomic E-state index is 12.1. The van der Waals surface area contributed by atoms with Crippen molar-refractivity contribution in [2.75, 3.05) is 0 Å². The van der Waals surface area contributed by atoms with Crippen LogP contribution in [0.2, 0.25) is 0 Å². The van der Waals surface area contributed by atoms with Gasteiger partial charge in [0.05, 0.1) is 5.71 Å². The number of carbonyl (C=O) groups is 1. The second-order valence-corrected chi connectivity index (χ2v) is 5.06. The number of hydrogen-bond acceptors (Lipinski definition) is 6. The molecule has 23 heavy (non-hydrogen) atoms. The van der Waals surface area contributed by atoms with Gasteiger partial charge in [-0.2, -0.15) is 4.99 Å². The molecule has 0 bridgehead atoms. The fraction of sp³-hybridized carbons (Fsp3) is 0.133. The van der Waals surface area contributed by atoms with Gasteiger partial charge in [-0.15, -0.1) is 10.2 Å². The van der Waals surface area contributed by atoms with Crippen molar-refractivity contribution < 1.29 is 4.79 Å². The highest BCUT2D eigenvalue weighted by Gasteiger charge is 2.26. The van der Waals surface area contributed by atoms with Gasteiger partial charge in [0.1, 0.15) is 12.0 Å². The van der Waals surface area contributed by atoms with E-state index in [9.17, 15) is 4.79 Å². The largest absolute Gasteiger partial charge is 0.299 e. The summed E-state index contributed by atoms with van der Waals surface area (Å²) in [5, 5.41) is 8.21. The molecule has 2 aliphatic heterocycles. The van der Waals surface area contributed by atoms with Gasteiger partial charge in [0.25, 0.3) is 5.91 Å². The van der Waals surface area contributed by atoms with Crippen molar-refractivity contribution in [3.05, 3.63) is 48.3 Å². The molecular formula is C15H11N7O. The van der Waals surface area contributed by atoms with E-state index in [4.69, 9.17) is 0 Å². The molecule has 0 atom stereocenters. The summed E-state index contributed by atoms with van der Waals surface area (Å²) in [6, 6.07) is 3.50. The van der Waals surface area contributed by atoms with E-state index in [-0.39, 0.29) is 5.84 Å². The van der Waals surface area contributed by atoms with Crippen molar-refractivity contribution in [1.82, 2.24) is 19.7 Å². The highest BCUT2D eigenvalue weighted by Crippen LogP contribution is 2.15. The molecule has 112 valence electrons. The Morgan fingerprint density at radius 1 is 1.13 bits per heavy atom. The molecule has 0 aromatic carbocycles. The molecule has 2 aromatic rings. The maximum absolute atomic E-state index is 12.1. The van der Waals surface area contributed by atoms with Crippen LogP contribution in [0.3, 0.4) is 0 Å². The zero-order chi connectivity index (χ0) is 15.8. The first-order valence-electron chi connectivity index (χ1n) is 6.99. The molecule has 0 fully saturated rings. The second-order valence-electron chi connectivity index (χ2n) is 5.06. The lowest BCUT2D eigenvalue weighted by Gasteiger charge is -2.15. The zero-order valence-corrected chi connectivity index (χ0v) is 12.2. The smallest absolute Gasteiger partial charge is 0.289 e. The second kappa shape index (κ2) is 5.16. The van der Waals surface area contributed by atoms with Crippen molar-refractivity contribution >= 4 is 23.2 Å². The molecular weight excluding hydrogens is 294 g/mol. The Morgan fingerprint density at radius 3 is 2.78 bits per heavy atom. The molecule has 8 heteroatoms. The average molecular weight is 305 g/mol. The molecule has 0 radical (unpaired) electrons. The fourth-order valence-corrected chi connectivity index (χ4v) is 2.29. The molecule has 8 nitrogen and oxygen atoms in total. The number of rotatable bonds is 2. The van der Waals surface area contributed by atoms with Gasteiger partial charge in [-0.05, 0) is 19.1 Å². The van der Waals surface area contributed by atoms with Crippen LogP contribution in [0, 0.1) is 0 Å². The summed E-state index contributed by atoms with van der Waals surface area (Å²) in [7, 11) is 0. The van der Waals surface area contributed by atoms with Gasteiger partial charge < -0.3 is 0 Å². The third-order valence-electron chi connectivity index (χ3n) is 3.45. The number of aliphatic imine (C=N–C) groups is 3. The molecule has 1 amide bonds. The number of fused-ring (bicyclic) bond motifs is 1. The summed E-state index contributed by atoms with van der Waals surface area (Å²) in [5.41, 5.74) is 2.18. The van der Waals surface area contributed by atoms with Gasteiger partial charge >= 0.3 is 0 Å². The van der Waals surface area contributed by atoms with E-state index in [1.54, 1.807) is 35.4 Å². The minimum atomic E-state index is -0.391. The van der Waals surface area contributed by atoms with E-state index >= 15 is 0 Å². The minimum absolute atomic E-state index is 0.265. The Balaban J connectivity index is 1.67. The Hall–Kier alpha value is -3.29. The van der Waals surface area contributed by atoms with Crippen LogP contribution in [0.5, 0.6) is 0 Å². The van der Waals surface area contributed by atoms with E-state index in [1.807, 2.05) is 13.0 Å². The highest BCUT2D eigenvalue weighted by molar-refractivity contribution is 6.70. The number of amides is 1. The molecule has 0 saturated carbocycles. The summed E-state index contributed by atoms with van der Waals surface area (Å²) in [5.74, 6) is 0.500. The number of amidine groups is 1. The predicted molar refractivity (Wildman–Crippen MR) is 83.9 cm³/mol. The molecule has 0 spiro atoms. The Bertz CT molecular complexity index is 902. The van der Waals surface area contributed by atoms with Gasteiger partial charge in [-0.25, -0.2) is 15.0 Å². The molecule has 0 N–H and O–H groups in total. The normalized spacial score (nSPS) is 17.0. The predicted octanol–water partition coefficient (Wildman–Crippen LogP) is 1.14. The number of aromatic nitrogens is 4. The Morgan fingerprint density at radius 2 is 2.04 bits per heavy atom. The van der Waals surface area contributed by atoms with Crippen molar-refractivity contribution in [3.8, 4) is 5.82 Å². The first kappa shape index (κ1) is 13.4. The molecule has 2 aliphatic rings. The molecule has 2 aromatic heterocycles.